The van der Waals surface area contributed by atoms with Gasteiger partial charge >= 0.3 is 0 Å². The minimum Gasteiger partial charge on any atom is -0.363 e. The lowest BCUT2D eigenvalue weighted by molar-refractivity contribution is -0.127. The number of hydrogen-bond donors (Lipinski definition) is 1. The first-order chi connectivity index (χ1) is 8.13. The fourth-order valence-electron chi connectivity index (χ4n) is 2.25. The summed E-state index contributed by atoms with van der Waals surface area (Å²) in [4.78, 5) is 15.8. The van der Waals surface area contributed by atoms with Crippen molar-refractivity contribution in [2.75, 3.05) is 25.5 Å². The quantitative estimate of drug-likeness (QED) is 0.840. The highest BCUT2D eigenvalue weighted by Crippen LogP contribution is 2.22. The lowest BCUT2D eigenvalue weighted by atomic mass is 10.1. The maximum atomic E-state index is 11.9. The number of likely N-dealkylation sites (tertiary alicyclic amines) is 1. The Morgan fingerprint density at radius 1 is 1.53 bits per heavy atom. The van der Waals surface area contributed by atoms with Gasteiger partial charge in [0.05, 0.1) is 0 Å². The number of anilines is 1. The normalized spacial score (nSPS) is 19.8. The molecular formula is C13H19N3O. The first-order valence-electron chi connectivity index (χ1n) is 5.90. The number of hydrogen-bond acceptors (Lipinski definition) is 3. The van der Waals surface area contributed by atoms with E-state index in [2.05, 4.69) is 0 Å². The third-order valence-electron chi connectivity index (χ3n) is 3.42. The number of carbonyl (C=O) groups excluding carboxylic acids is 1. The molecule has 92 valence electrons. The van der Waals surface area contributed by atoms with Crippen molar-refractivity contribution in [3.05, 3.63) is 29.8 Å². The lowest BCUT2D eigenvalue weighted by Gasteiger charge is -2.25. The highest BCUT2D eigenvalue weighted by atomic mass is 16.2. The van der Waals surface area contributed by atoms with Crippen LogP contribution in [0.25, 0.3) is 0 Å². The van der Waals surface area contributed by atoms with Gasteiger partial charge in [-0.2, -0.15) is 0 Å². The van der Waals surface area contributed by atoms with Gasteiger partial charge in [-0.1, -0.05) is 12.1 Å². The number of likely N-dealkylation sites (N-methyl/N-ethyl adjacent to an activating group) is 2. The fourth-order valence-corrected chi connectivity index (χ4v) is 2.25. The summed E-state index contributed by atoms with van der Waals surface area (Å²) in [5.41, 5.74) is 7.78. The van der Waals surface area contributed by atoms with Crippen molar-refractivity contribution in [1.82, 2.24) is 4.90 Å². The van der Waals surface area contributed by atoms with E-state index in [1.165, 1.54) is 0 Å². The summed E-state index contributed by atoms with van der Waals surface area (Å²) >= 11 is 0. The molecule has 2 rings (SSSR count). The topological polar surface area (TPSA) is 49.6 Å². The molecule has 0 spiro atoms. The van der Waals surface area contributed by atoms with Crippen LogP contribution in [-0.4, -0.2) is 37.5 Å². The predicted octanol–water partition coefficient (Wildman–Crippen LogP) is 0.812. The van der Waals surface area contributed by atoms with Gasteiger partial charge in [0.25, 0.3) is 0 Å². The molecule has 1 heterocycles. The summed E-state index contributed by atoms with van der Waals surface area (Å²) in [6, 6.07) is 8.01. The van der Waals surface area contributed by atoms with Crippen molar-refractivity contribution in [3.8, 4) is 0 Å². The number of nitrogens with zero attached hydrogens (tertiary/aromatic N) is 2. The largest absolute Gasteiger partial charge is 0.363 e. The van der Waals surface area contributed by atoms with Gasteiger partial charge in [0.1, 0.15) is 6.04 Å². The van der Waals surface area contributed by atoms with Crippen LogP contribution in [0.5, 0.6) is 0 Å². The molecule has 4 nitrogen and oxygen atoms in total. The van der Waals surface area contributed by atoms with Crippen LogP contribution in [0.4, 0.5) is 5.69 Å². The molecule has 0 aliphatic carbocycles. The molecule has 1 amide bonds. The van der Waals surface area contributed by atoms with Crippen molar-refractivity contribution in [2.24, 2.45) is 5.73 Å². The molecule has 1 atom stereocenters. The monoisotopic (exact) mass is 233 g/mol. The molecule has 0 aromatic heterocycles. The number of nitrogens with two attached hydrogens (primary N) is 1. The van der Waals surface area contributed by atoms with E-state index in [0.717, 1.165) is 24.2 Å². The minimum atomic E-state index is -0.0342. The SMILES string of the molecule is CN1CCC(N(C)c2cccc(CN)c2)C1=O. The molecule has 1 aliphatic rings. The van der Waals surface area contributed by atoms with E-state index in [1.807, 2.05) is 43.3 Å². The van der Waals surface area contributed by atoms with Crippen LogP contribution < -0.4 is 10.6 Å². The number of rotatable bonds is 3. The van der Waals surface area contributed by atoms with Crippen LogP contribution in [0.3, 0.4) is 0 Å². The fraction of sp³-hybridized carbons (Fsp3) is 0.462. The number of benzene rings is 1. The van der Waals surface area contributed by atoms with Gasteiger partial charge in [0.2, 0.25) is 5.91 Å². The van der Waals surface area contributed by atoms with Crippen molar-refractivity contribution >= 4 is 11.6 Å². The molecule has 0 bridgehead atoms. The van der Waals surface area contributed by atoms with E-state index in [9.17, 15) is 4.79 Å². The molecule has 1 aromatic carbocycles. The van der Waals surface area contributed by atoms with Crippen molar-refractivity contribution in [2.45, 2.75) is 19.0 Å². The van der Waals surface area contributed by atoms with E-state index in [1.54, 1.807) is 4.90 Å². The molecule has 0 saturated carbocycles. The third kappa shape index (κ3) is 2.26. The van der Waals surface area contributed by atoms with E-state index < -0.39 is 0 Å². The van der Waals surface area contributed by atoms with Crippen LogP contribution in [0.1, 0.15) is 12.0 Å². The molecule has 1 saturated heterocycles. The Hall–Kier alpha value is -1.55. The molecule has 0 radical (unpaired) electrons. The van der Waals surface area contributed by atoms with Gasteiger partial charge in [0, 0.05) is 32.9 Å². The van der Waals surface area contributed by atoms with E-state index in [0.29, 0.717) is 6.54 Å². The van der Waals surface area contributed by atoms with E-state index in [-0.39, 0.29) is 11.9 Å². The molecule has 4 heteroatoms. The van der Waals surface area contributed by atoms with Gasteiger partial charge in [-0.15, -0.1) is 0 Å². The molecule has 1 aliphatic heterocycles. The summed E-state index contributed by atoms with van der Waals surface area (Å²) in [6.07, 6.45) is 0.888. The first kappa shape index (κ1) is 11.9. The van der Waals surface area contributed by atoms with E-state index >= 15 is 0 Å². The van der Waals surface area contributed by atoms with Crippen LogP contribution in [0.15, 0.2) is 24.3 Å². The van der Waals surface area contributed by atoms with Crippen LogP contribution in [0.2, 0.25) is 0 Å². The number of carbonyl (C=O) groups is 1. The Morgan fingerprint density at radius 3 is 2.88 bits per heavy atom. The van der Waals surface area contributed by atoms with Crippen molar-refractivity contribution in [1.29, 1.82) is 0 Å². The van der Waals surface area contributed by atoms with Crippen LogP contribution in [0, 0.1) is 0 Å². The second-order valence-corrected chi connectivity index (χ2v) is 4.55. The maximum absolute atomic E-state index is 11.9. The summed E-state index contributed by atoms with van der Waals surface area (Å²) < 4.78 is 0. The lowest BCUT2D eigenvalue weighted by Crippen LogP contribution is -2.38. The zero-order valence-electron chi connectivity index (χ0n) is 10.4. The molecule has 1 aromatic rings. The second-order valence-electron chi connectivity index (χ2n) is 4.55. The smallest absolute Gasteiger partial charge is 0.245 e. The predicted molar refractivity (Wildman–Crippen MR) is 68.8 cm³/mol. The first-order valence-corrected chi connectivity index (χ1v) is 5.90. The average Bonchev–Trinajstić information content (AvgIpc) is 2.69. The van der Waals surface area contributed by atoms with Gasteiger partial charge in [0.15, 0.2) is 0 Å². The Labute approximate surface area is 102 Å². The van der Waals surface area contributed by atoms with E-state index in [4.69, 9.17) is 5.73 Å². The minimum absolute atomic E-state index is 0.0342. The zero-order valence-corrected chi connectivity index (χ0v) is 10.4. The Bertz CT molecular complexity index is 419. The van der Waals surface area contributed by atoms with Crippen LogP contribution >= 0.6 is 0 Å². The zero-order chi connectivity index (χ0) is 12.4. The third-order valence-corrected chi connectivity index (χ3v) is 3.42. The van der Waals surface area contributed by atoms with Crippen LogP contribution in [-0.2, 0) is 11.3 Å². The summed E-state index contributed by atoms with van der Waals surface area (Å²) in [5.74, 6) is 0.200. The second kappa shape index (κ2) is 4.75. The maximum Gasteiger partial charge on any atom is 0.245 e. The van der Waals surface area contributed by atoms with Gasteiger partial charge in [-0.05, 0) is 24.1 Å². The number of amides is 1. The molecular weight excluding hydrogens is 214 g/mol. The van der Waals surface area contributed by atoms with Gasteiger partial charge < -0.3 is 15.5 Å². The molecule has 1 fully saturated rings. The highest BCUT2D eigenvalue weighted by Gasteiger charge is 2.32. The van der Waals surface area contributed by atoms with Crippen molar-refractivity contribution < 1.29 is 4.79 Å². The molecule has 1 unspecified atom stereocenters. The molecule has 17 heavy (non-hydrogen) atoms. The Balaban J connectivity index is 2.19. The van der Waals surface area contributed by atoms with Crippen molar-refractivity contribution in [3.63, 3.8) is 0 Å². The van der Waals surface area contributed by atoms with Gasteiger partial charge in [-0.25, -0.2) is 0 Å². The Morgan fingerprint density at radius 2 is 2.29 bits per heavy atom. The average molecular weight is 233 g/mol. The summed E-state index contributed by atoms with van der Waals surface area (Å²) in [5, 5.41) is 0. The Kier molecular flexibility index (Phi) is 3.33. The van der Waals surface area contributed by atoms with Gasteiger partial charge in [-0.3, -0.25) is 4.79 Å². The summed E-state index contributed by atoms with van der Waals surface area (Å²) in [6.45, 7) is 1.37. The summed E-state index contributed by atoms with van der Waals surface area (Å²) in [7, 11) is 3.82. The standard InChI is InChI=1S/C13H19N3O/c1-15-7-6-12(13(15)17)16(2)11-5-3-4-10(8-11)9-14/h3-5,8,12H,6-7,9,14H2,1-2H3. The molecule has 2 N–H and O–H groups in total. The highest BCUT2D eigenvalue weighted by molar-refractivity contribution is 5.87.